The Morgan fingerprint density at radius 3 is 2.50 bits per heavy atom. The highest BCUT2D eigenvalue weighted by atomic mass is 32.1. The summed E-state index contributed by atoms with van der Waals surface area (Å²) in [5, 5.41) is 0. The van der Waals surface area contributed by atoms with Gasteiger partial charge in [-0.05, 0) is 45.2 Å². The van der Waals surface area contributed by atoms with E-state index in [-0.39, 0.29) is 5.41 Å². The molecule has 0 aromatic heterocycles. The molecular formula is C15H30N2S. The van der Waals surface area contributed by atoms with Gasteiger partial charge >= 0.3 is 0 Å². The first-order chi connectivity index (χ1) is 8.34. The van der Waals surface area contributed by atoms with Gasteiger partial charge in [0, 0.05) is 11.5 Å². The fourth-order valence-corrected chi connectivity index (χ4v) is 3.11. The van der Waals surface area contributed by atoms with Crippen molar-refractivity contribution in [2.45, 2.75) is 65.3 Å². The van der Waals surface area contributed by atoms with E-state index < -0.39 is 0 Å². The third kappa shape index (κ3) is 4.51. The summed E-state index contributed by atoms with van der Waals surface area (Å²) in [7, 11) is 2.28. The second kappa shape index (κ2) is 6.85. The molecule has 0 amide bonds. The normalized spacial score (nSPS) is 25.4. The Morgan fingerprint density at radius 1 is 1.33 bits per heavy atom. The van der Waals surface area contributed by atoms with Crippen LogP contribution in [0, 0.1) is 11.3 Å². The van der Waals surface area contributed by atoms with Crippen LogP contribution in [0.5, 0.6) is 0 Å². The Kier molecular flexibility index (Phi) is 6.06. The molecule has 1 aliphatic carbocycles. The summed E-state index contributed by atoms with van der Waals surface area (Å²) >= 11 is 5.12. The lowest BCUT2D eigenvalue weighted by Crippen LogP contribution is -2.40. The van der Waals surface area contributed by atoms with Gasteiger partial charge in [0.05, 0.1) is 4.99 Å². The molecule has 2 N–H and O–H groups in total. The Labute approximate surface area is 118 Å². The lowest BCUT2D eigenvalue weighted by Gasteiger charge is -2.36. The summed E-state index contributed by atoms with van der Waals surface area (Å²) in [5.41, 5.74) is 5.78. The smallest absolute Gasteiger partial charge is 0.0784 e. The van der Waals surface area contributed by atoms with Gasteiger partial charge in [0.15, 0.2) is 0 Å². The maximum atomic E-state index is 5.77. The first-order valence-electron chi connectivity index (χ1n) is 7.35. The molecule has 0 heterocycles. The minimum Gasteiger partial charge on any atom is -0.393 e. The molecule has 0 saturated heterocycles. The van der Waals surface area contributed by atoms with E-state index >= 15 is 0 Å². The first-order valence-corrected chi connectivity index (χ1v) is 7.75. The summed E-state index contributed by atoms with van der Waals surface area (Å²) in [6, 6.07) is 0.784. The van der Waals surface area contributed by atoms with E-state index in [1.54, 1.807) is 0 Å². The molecule has 2 unspecified atom stereocenters. The fraction of sp³-hybridized carbons (Fsp3) is 0.933. The number of hydrogen-bond acceptors (Lipinski definition) is 2. The third-order valence-electron chi connectivity index (χ3n) is 4.61. The quantitative estimate of drug-likeness (QED) is 0.748. The molecule has 0 spiro atoms. The lowest BCUT2D eigenvalue weighted by molar-refractivity contribution is 0.135. The molecule has 3 heteroatoms. The van der Waals surface area contributed by atoms with Gasteiger partial charge in [0.2, 0.25) is 0 Å². The molecule has 0 radical (unpaired) electrons. The van der Waals surface area contributed by atoms with Gasteiger partial charge in [-0.3, -0.25) is 0 Å². The average Bonchev–Trinajstić information content (AvgIpc) is 2.29. The molecule has 1 saturated carbocycles. The van der Waals surface area contributed by atoms with Gasteiger partial charge in [0.1, 0.15) is 0 Å². The summed E-state index contributed by atoms with van der Waals surface area (Å²) in [6.07, 6.45) is 7.86. The molecule has 1 aliphatic rings. The summed E-state index contributed by atoms with van der Waals surface area (Å²) in [6.45, 7) is 7.87. The monoisotopic (exact) mass is 270 g/mol. The van der Waals surface area contributed by atoms with Crippen LogP contribution in [-0.2, 0) is 0 Å². The Morgan fingerprint density at radius 2 is 1.94 bits per heavy atom. The van der Waals surface area contributed by atoms with E-state index in [2.05, 4.69) is 32.7 Å². The van der Waals surface area contributed by atoms with Crippen LogP contribution in [-0.4, -0.2) is 29.5 Å². The van der Waals surface area contributed by atoms with Crippen LogP contribution in [0.4, 0.5) is 0 Å². The van der Waals surface area contributed by atoms with Crippen LogP contribution < -0.4 is 5.73 Å². The van der Waals surface area contributed by atoms with E-state index in [1.165, 1.54) is 38.6 Å². The van der Waals surface area contributed by atoms with E-state index in [0.29, 0.717) is 4.99 Å². The Balaban J connectivity index is 2.32. The van der Waals surface area contributed by atoms with Crippen LogP contribution in [0.2, 0.25) is 0 Å². The zero-order chi connectivity index (χ0) is 13.8. The lowest BCUT2D eigenvalue weighted by atomic mass is 9.84. The highest BCUT2D eigenvalue weighted by Crippen LogP contribution is 2.28. The highest BCUT2D eigenvalue weighted by molar-refractivity contribution is 7.80. The molecule has 2 nitrogen and oxygen atoms in total. The number of rotatable bonds is 6. The maximum Gasteiger partial charge on any atom is 0.0784 e. The minimum absolute atomic E-state index is 0.00829. The molecule has 1 fully saturated rings. The zero-order valence-electron chi connectivity index (χ0n) is 12.5. The highest BCUT2D eigenvalue weighted by Gasteiger charge is 2.26. The Bertz CT molecular complexity index is 276. The van der Waals surface area contributed by atoms with Gasteiger partial charge in [-0.1, -0.05) is 45.8 Å². The van der Waals surface area contributed by atoms with Gasteiger partial charge in [-0.25, -0.2) is 0 Å². The number of thiocarbonyl (C=S) groups is 1. The summed E-state index contributed by atoms with van der Waals surface area (Å²) in [5.74, 6) is 0.854. The van der Waals surface area contributed by atoms with Crippen LogP contribution in [0.1, 0.15) is 59.3 Å². The molecule has 0 aromatic carbocycles. The van der Waals surface area contributed by atoms with Crippen molar-refractivity contribution in [2.24, 2.45) is 17.1 Å². The molecule has 2 atom stereocenters. The van der Waals surface area contributed by atoms with Crippen molar-refractivity contribution in [3.63, 3.8) is 0 Å². The van der Waals surface area contributed by atoms with Crippen molar-refractivity contribution >= 4 is 17.2 Å². The molecule has 0 aliphatic heterocycles. The number of nitrogens with two attached hydrogens (primary N) is 1. The largest absolute Gasteiger partial charge is 0.393 e. The predicted octanol–water partition coefficient (Wildman–Crippen LogP) is 3.59. The molecular weight excluding hydrogens is 240 g/mol. The van der Waals surface area contributed by atoms with Gasteiger partial charge in [-0.15, -0.1) is 0 Å². The van der Waals surface area contributed by atoms with Gasteiger partial charge < -0.3 is 10.6 Å². The van der Waals surface area contributed by atoms with E-state index in [9.17, 15) is 0 Å². The summed E-state index contributed by atoms with van der Waals surface area (Å²) in [4.78, 5) is 3.20. The van der Waals surface area contributed by atoms with Crippen molar-refractivity contribution < 1.29 is 0 Å². The minimum atomic E-state index is 0.00829. The van der Waals surface area contributed by atoms with Crippen LogP contribution in [0.3, 0.4) is 0 Å². The topological polar surface area (TPSA) is 29.3 Å². The van der Waals surface area contributed by atoms with Crippen molar-refractivity contribution in [1.29, 1.82) is 0 Å². The van der Waals surface area contributed by atoms with Gasteiger partial charge in [0.25, 0.3) is 0 Å². The van der Waals surface area contributed by atoms with E-state index in [4.69, 9.17) is 18.0 Å². The third-order valence-corrected chi connectivity index (χ3v) is 5.16. The molecule has 1 rings (SSSR count). The fourth-order valence-electron chi connectivity index (χ4n) is 3.01. The molecule has 18 heavy (non-hydrogen) atoms. The number of nitrogens with zero attached hydrogens (tertiary/aromatic N) is 1. The predicted molar refractivity (Wildman–Crippen MR) is 83.9 cm³/mol. The van der Waals surface area contributed by atoms with Crippen molar-refractivity contribution in [1.82, 2.24) is 4.90 Å². The van der Waals surface area contributed by atoms with Gasteiger partial charge in [-0.2, -0.15) is 0 Å². The second-order valence-electron chi connectivity index (χ2n) is 6.66. The van der Waals surface area contributed by atoms with Crippen molar-refractivity contribution in [2.75, 3.05) is 13.6 Å². The average molecular weight is 270 g/mol. The van der Waals surface area contributed by atoms with E-state index in [1.807, 2.05) is 0 Å². The zero-order valence-corrected chi connectivity index (χ0v) is 13.4. The Hall–Kier alpha value is -0.150. The summed E-state index contributed by atoms with van der Waals surface area (Å²) < 4.78 is 0. The second-order valence-corrected chi connectivity index (χ2v) is 7.10. The first kappa shape index (κ1) is 15.9. The SMILES string of the molecule is CC1CCCCC1N(C)CCCC(C)(C)C(N)=S. The standard InChI is InChI=1S/C15H30N2S/c1-12-8-5-6-9-13(12)17(4)11-7-10-15(2,3)14(16)18/h12-13H,5-11H2,1-4H3,(H2,16,18). The maximum absolute atomic E-state index is 5.77. The van der Waals surface area contributed by atoms with Crippen LogP contribution in [0.25, 0.3) is 0 Å². The molecule has 0 bridgehead atoms. The van der Waals surface area contributed by atoms with E-state index in [0.717, 1.165) is 18.4 Å². The molecule has 0 aromatic rings. The van der Waals surface area contributed by atoms with Crippen molar-refractivity contribution in [3.8, 4) is 0 Å². The van der Waals surface area contributed by atoms with Crippen molar-refractivity contribution in [3.05, 3.63) is 0 Å². The number of hydrogen-bond donors (Lipinski definition) is 1. The van der Waals surface area contributed by atoms with Crippen LogP contribution >= 0.6 is 12.2 Å². The van der Waals surface area contributed by atoms with Crippen LogP contribution in [0.15, 0.2) is 0 Å². The molecule has 106 valence electrons.